The molecule has 0 aliphatic rings. The van der Waals surface area contributed by atoms with Crippen molar-refractivity contribution in [2.24, 2.45) is 10.2 Å². The zero-order valence-corrected chi connectivity index (χ0v) is 23.2. The molecule has 4 N–H and O–H groups in total. The summed E-state index contributed by atoms with van der Waals surface area (Å²) in [6.45, 7) is 0.400. The number of aliphatic hydroxyl groups is 1. The SMILES string of the molecule is Nc1c(/N=N/c2ccc(-c3c(OCCCO)ccc4c3sc3ccccc34)nc2)cc(S(=O)(=O)O)c2ccccc12. The van der Waals surface area contributed by atoms with E-state index in [2.05, 4.69) is 27.3 Å². The summed E-state index contributed by atoms with van der Waals surface area (Å²) in [6.07, 6.45) is 2.07. The number of pyridine rings is 1. The van der Waals surface area contributed by atoms with E-state index in [1.807, 2.05) is 30.3 Å². The zero-order valence-electron chi connectivity index (χ0n) is 21.6. The van der Waals surface area contributed by atoms with Crippen LogP contribution in [0.3, 0.4) is 0 Å². The number of ether oxygens (including phenoxy) is 1. The summed E-state index contributed by atoms with van der Waals surface area (Å²) in [5, 5.41) is 20.6. The minimum atomic E-state index is -4.52. The minimum Gasteiger partial charge on any atom is -0.493 e. The first kappa shape index (κ1) is 26.8. The number of nitrogens with zero attached hydrogens (tertiary/aromatic N) is 3. The second kappa shape index (κ2) is 10.9. The molecule has 0 unspecified atom stereocenters. The molecule has 0 saturated carbocycles. The van der Waals surface area contributed by atoms with Gasteiger partial charge in [-0.15, -0.1) is 21.6 Å². The highest BCUT2D eigenvalue weighted by atomic mass is 32.2. The van der Waals surface area contributed by atoms with Gasteiger partial charge in [-0.25, -0.2) is 0 Å². The van der Waals surface area contributed by atoms with Crippen LogP contribution in [-0.4, -0.2) is 36.3 Å². The fourth-order valence-corrected chi connectivity index (χ4v) is 6.70. The molecule has 0 aliphatic heterocycles. The summed E-state index contributed by atoms with van der Waals surface area (Å²) in [5.74, 6) is 0.668. The van der Waals surface area contributed by atoms with Crippen LogP contribution in [0, 0.1) is 0 Å². The van der Waals surface area contributed by atoms with Crippen molar-refractivity contribution < 1.29 is 22.8 Å². The predicted molar refractivity (Wildman–Crippen MR) is 162 cm³/mol. The summed E-state index contributed by atoms with van der Waals surface area (Å²) in [4.78, 5) is 4.36. The fourth-order valence-electron chi connectivity index (χ4n) is 4.73. The van der Waals surface area contributed by atoms with Crippen molar-refractivity contribution in [2.45, 2.75) is 11.3 Å². The van der Waals surface area contributed by atoms with Crippen LogP contribution in [0.5, 0.6) is 5.75 Å². The molecule has 0 fully saturated rings. The lowest BCUT2D eigenvalue weighted by molar-refractivity contribution is 0.234. The highest BCUT2D eigenvalue weighted by molar-refractivity contribution is 7.86. The molecule has 6 aromatic rings. The third kappa shape index (κ3) is 5.11. The smallest absolute Gasteiger partial charge is 0.295 e. The lowest BCUT2D eigenvalue weighted by Gasteiger charge is -2.12. The quantitative estimate of drug-likeness (QED) is 0.0737. The van der Waals surface area contributed by atoms with Gasteiger partial charge >= 0.3 is 0 Å². The first-order chi connectivity index (χ1) is 19.8. The summed E-state index contributed by atoms with van der Waals surface area (Å²) in [7, 11) is -4.52. The number of anilines is 1. The number of aliphatic hydroxyl groups excluding tert-OH is 1. The Morgan fingerprint density at radius 1 is 0.902 bits per heavy atom. The molecule has 9 nitrogen and oxygen atoms in total. The number of hydrogen-bond donors (Lipinski definition) is 3. The molecule has 6 rings (SSSR count). The van der Waals surface area contributed by atoms with E-state index in [9.17, 15) is 18.1 Å². The van der Waals surface area contributed by atoms with Crippen LogP contribution in [0.15, 0.2) is 100 Å². The van der Waals surface area contributed by atoms with Crippen LogP contribution in [0.25, 0.3) is 42.2 Å². The fraction of sp³-hybridized carbons (Fsp3) is 0.100. The molecule has 41 heavy (non-hydrogen) atoms. The number of hydrogen-bond acceptors (Lipinski definition) is 9. The van der Waals surface area contributed by atoms with Gasteiger partial charge in [-0.3, -0.25) is 9.54 Å². The van der Waals surface area contributed by atoms with Crippen LogP contribution >= 0.6 is 11.3 Å². The molecule has 0 bridgehead atoms. The molecule has 0 atom stereocenters. The lowest BCUT2D eigenvalue weighted by Crippen LogP contribution is -2.01. The molecule has 0 aliphatic carbocycles. The molecule has 0 radical (unpaired) electrons. The zero-order chi connectivity index (χ0) is 28.6. The number of fused-ring (bicyclic) bond motifs is 4. The van der Waals surface area contributed by atoms with E-state index in [1.54, 1.807) is 47.9 Å². The van der Waals surface area contributed by atoms with Gasteiger partial charge in [-0.2, -0.15) is 8.42 Å². The van der Waals surface area contributed by atoms with E-state index in [4.69, 9.17) is 10.5 Å². The third-order valence-corrected chi connectivity index (χ3v) is 8.75. The lowest BCUT2D eigenvalue weighted by atomic mass is 10.1. The van der Waals surface area contributed by atoms with Gasteiger partial charge in [-0.05, 0) is 36.4 Å². The van der Waals surface area contributed by atoms with Gasteiger partial charge in [0.1, 0.15) is 22.0 Å². The van der Waals surface area contributed by atoms with Gasteiger partial charge in [0.2, 0.25) is 0 Å². The van der Waals surface area contributed by atoms with E-state index in [-0.39, 0.29) is 22.9 Å². The van der Waals surface area contributed by atoms with Gasteiger partial charge in [0.05, 0.1) is 29.7 Å². The highest BCUT2D eigenvalue weighted by Gasteiger charge is 2.19. The van der Waals surface area contributed by atoms with Crippen LogP contribution in [0.2, 0.25) is 0 Å². The molecule has 11 heteroatoms. The second-order valence-corrected chi connectivity index (χ2v) is 11.7. The van der Waals surface area contributed by atoms with Crippen molar-refractivity contribution in [1.82, 2.24) is 4.98 Å². The van der Waals surface area contributed by atoms with Crippen molar-refractivity contribution in [1.29, 1.82) is 0 Å². The molecular formula is C30H24N4O5S2. The molecule has 0 spiro atoms. The maximum Gasteiger partial charge on any atom is 0.295 e. The number of azo groups is 1. The van der Waals surface area contributed by atoms with Gasteiger partial charge < -0.3 is 15.6 Å². The monoisotopic (exact) mass is 584 g/mol. The number of aromatic nitrogens is 1. The number of nitrogen functional groups attached to an aromatic ring is 1. The van der Waals surface area contributed by atoms with E-state index in [0.717, 1.165) is 25.7 Å². The Kier molecular flexibility index (Phi) is 7.10. The van der Waals surface area contributed by atoms with Crippen LogP contribution in [0.1, 0.15) is 6.42 Å². The second-order valence-electron chi connectivity index (χ2n) is 9.27. The normalized spacial score (nSPS) is 12.1. The Bertz CT molecular complexity index is 2060. The maximum atomic E-state index is 12.0. The Morgan fingerprint density at radius 3 is 2.39 bits per heavy atom. The number of rotatable bonds is 8. The largest absolute Gasteiger partial charge is 0.493 e. The average molecular weight is 585 g/mol. The number of nitrogens with two attached hydrogens (primary N) is 1. The standard InChI is InChI=1S/C30H24N4O5S2/c31-29-21-8-2-1-7-20(21)27(41(36,37)38)16-24(29)34-33-18-10-12-23(32-17-18)28-25(39-15-5-14-35)13-11-22-19-6-3-4-9-26(19)40-30(22)28/h1-4,6-13,16-17,35H,5,14-15,31H2,(H,36,37,38)/b34-33+. The van der Waals surface area contributed by atoms with Crippen molar-refractivity contribution in [3.8, 4) is 17.0 Å². The van der Waals surface area contributed by atoms with Crippen LogP contribution in [-0.2, 0) is 10.1 Å². The molecule has 0 saturated heterocycles. The first-order valence-electron chi connectivity index (χ1n) is 12.7. The Hall–Kier alpha value is -4.42. The first-order valence-corrected chi connectivity index (χ1v) is 15.0. The summed E-state index contributed by atoms with van der Waals surface area (Å²) in [5.41, 5.74) is 8.56. The topological polar surface area (TPSA) is 147 Å². The predicted octanol–water partition coefficient (Wildman–Crippen LogP) is 7.28. The summed E-state index contributed by atoms with van der Waals surface area (Å²) >= 11 is 1.66. The molecule has 0 amide bonds. The van der Waals surface area contributed by atoms with Crippen LogP contribution < -0.4 is 10.5 Å². The van der Waals surface area contributed by atoms with E-state index < -0.39 is 10.1 Å². The average Bonchev–Trinajstić information content (AvgIpc) is 3.35. The van der Waals surface area contributed by atoms with Crippen molar-refractivity contribution in [2.75, 3.05) is 18.9 Å². The number of benzene rings is 4. The minimum absolute atomic E-state index is 0.0336. The Labute approximate surface area is 239 Å². The van der Waals surface area contributed by atoms with Gasteiger partial charge in [-0.1, -0.05) is 42.5 Å². The molecule has 206 valence electrons. The van der Waals surface area contributed by atoms with Crippen LogP contribution in [0.4, 0.5) is 17.1 Å². The molecule has 4 aromatic carbocycles. The van der Waals surface area contributed by atoms with Crippen molar-refractivity contribution in [3.05, 3.63) is 85.1 Å². The van der Waals surface area contributed by atoms with Gasteiger partial charge in [0, 0.05) is 44.0 Å². The van der Waals surface area contributed by atoms with Gasteiger partial charge in [0.15, 0.2) is 0 Å². The Morgan fingerprint density at radius 2 is 1.66 bits per heavy atom. The molecule has 2 heterocycles. The van der Waals surface area contributed by atoms with E-state index >= 15 is 0 Å². The van der Waals surface area contributed by atoms with Crippen molar-refractivity contribution in [3.63, 3.8) is 0 Å². The van der Waals surface area contributed by atoms with E-state index in [1.165, 1.54) is 6.07 Å². The van der Waals surface area contributed by atoms with Crippen molar-refractivity contribution >= 4 is 69.5 Å². The maximum absolute atomic E-state index is 12.0. The van der Waals surface area contributed by atoms with Gasteiger partial charge in [0.25, 0.3) is 10.1 Å². The Balaban J connectivity index is 1.40. The third-order valence-electron chi connectivity index (χ3n) is 6.65. The van der Waals surface area contributed by atoms with E-state index in [0.29, 0.717) is 40.9 Å². The summed E-state index contributed by atoms with van der Waals surface area (Å²) in [6, 6.07) is 23.5. The number of thiophene rings is 1. The molecular weight excluding hydrogens is 560 g/mol. The molecule has 2 aromatic heterocycles. The highest BCUT2D eigenvalue weighted by Crippen LogP contribution is 2.44. The summed E-state index contributed by atoms with van der Waals surface area (Å²) < 4.78 is 42.1.